The Morgan fingerprint density at radius 1 is 1.59 bits per heavy atom. The van der Waals surface area contributed by atoms with Gasteiger partial charge in [-0.05, 0) is 25.3 Å². The molecular formula is C14H19NO2. The van der Waals surface area contributed by atoms with Crippen molar-refractivity contribution in [3.63, 3.8) is 0 Å². The number of hydrogen-bond donors (Lipinski definition) is 0. The predicted octanol–water partition coefficient (Wildman–Crippen LogP) is 3.12. The minimum atomic E-state index is -0.231. The molecule has 17 heavy (non-hydrogen) atoms. The first-order chi connectivity index (χ1) is 8.19. The summed E-state index contributed by atoms with van der Waals surface area (Å²) >= 11 is 0. The molecule has 0 radical (unpaired) electrons. The zero-order chi connectivity index (χ0) is 12.7. The lowest BCUT2D eigenvalue weighted by molar-refractivity contribution is -0.140. The molecule has 0 saturated heterocycles. The minimum absolute atomic E-state index is 0.231. The van der Waals surface area contributed by atoms with Crippen molar-refractivity contribution in [1.82, 2.24) is 4.98 Å². The number of esters is 1. The molecular weight excluding hydrogens is 214 g/mol. The number of nitrogens with zero attached hydrogens (tertiary/aromatic N) is 1. The second kappa shape index (κ2) is 6.84. The highest BCUT2D eigenvalue weighted by molar-refractivity contribution is 5.88. The summed E-state index contributed by atoms with van der Waals surface area (Å²) in [5.41, 5.74) is 1.65. The standard InChI is InChI=1S/C14H19NO2/c1-4-11(3)13(5-2)14(16)17-10-12-7-6-8-15-9-12/h5-9,11H,4,10H2,1-3H3/b13-5+. The molecule has 0 aliphatic carbocycles. The second-order valence-electron chi connectivity index (χ2n) is 3.99. The second-order valence-corrected chi connectivity index (χ2v) is 3.99. The summed E-state index contributed by atoms with van der Waals surface area (Å²) in [5, 5.41) is 0. The van der Waals surface area contributed by atoms with Gasteiger partial charge in [0.25, 0.3) is 0 Å². The van der Waals surface area contributed by atoms with Gasteiger partial charge in [-0.1, -0.05) is 26.0 Å². The van der Waals surface area contributed by atoms with Gasteiger partial charge in [0, 0.05) is 23.5 Å². The maximum atomic E-state index is 11.8. The number of hydrogen-bond acceptors (Lipinski definition) is 3. The number of carbonyl (C=O) groups is 1. The highest BCUT2D eigenvalue weighted by Crippen LogP contribution is 2.16. The molecule has 0 spiro atoms. The lowest BCUT2D eigenvalue weighted by Gasteiger charge is -2.12. The van der Waals surface area contributed by atoms with E-state index in [0.29, 0.717) is 0 Å². The molecule has 0 fully saturated rings. The Hall–Kier alpha value is -1.64. The number of aromatic nitrogens is 1. The van der Waals surface area contributed by atoms with Gasteiger partial charge in [0.1, 0.15) is 6.61 Å². The van der Waals surface area contributed by atoms with Crippen LogP contribution in [0.15, 0.2) is 36.2 Å². The van der Waals surface area contributed by atoms with Crippen molar-refractivity contribution in [3.8, 4) is 0 Å². The van der Waals surface area contributed by atoms with Gasteiger partial charge in [-0.25, -0.2) is 4.79 Å². The van der Waals surface area contributed by atoms with Crippen LogP contribution in [-0.2, 0) is 16.1 Å². The maximum absolute atomic E-state index is 11.8. The smallest absolute Gasteiger partial charge is 0.334 e. The number of ether oxygens (including phenoxy) is 1. The average molecular weight is 233 g/mol. The van der Waals surface area contributed by atoms with Crippen molar-refractivity contribution in [2.75, 3.05) is 0 Å². The Labute approximate surface area is 103 Å². The predicted molar refractivity (Wildman–Crippen MR) is 67.2 cm³/mol. The molecule has 92 valence electrons. The summed E-state index contributed by atoms with van der Waals surface area (Å²) < 4.78 is 5.26. The molecule has 1 rings (SSSR count). The fourth-order valence-corrected chi connectivity index (χ4v) is 1.54. The van der Waals surface area contributed by atoms with E-state index < -0.39 is 0 Å². The third-order valence-electron chi connectivity index (χ3n) is 2.78. The van der Waals surface area contributed by atoms with E-state index in [-0.39, 0.29) is 18.5 Å². The van der Waals surface area contributed by atoms with Crippen molar-refractivity contribution in [1.29, 1.82) is 0 Å². The molecule has 0 amide bonds. The Balaban J connectivity index is 2.55. The molecule has 0 aliphatic rings. The summed E-state index contributed by atoms with van der Waals surface area (Å²) in [6, 6.07) is 3.72. The van der Waals surface area contributed by atoms with Crippen LogP contribution in [0.2, 0.25) is 0 Å². The number of allylic oxidation sites excluding steroid dienone is 1. The third-order valence-corrected chi connectivity index (χ3v) is 2.78. The first-order valence-corrected chi connectivity index (χ1v) is 5.91. The van der Waals surface area contributed by atoms with Crippen molar-refractivity contribution in [3.05, 3.63) is 41.7 Å². The van der Waals surface area contributed by atoms with Crippen LogP contribution in [0.25, 0.3) is 0 Å². The summed E-state index contributed by atoms with van der Waals surface area (Å²) in [6.07, 6.45) is 6.16. The first-order valence-electron chi connectivity index (χ1n) is 5.91. The number of rotatable bonds is 5. The zero-order valence-corrected chi connectivity index (χ0v) is 10.6. The molecule has 0 aliphatic heterocycles. The monoisotopic (exact) mass is 233 g/mol. The van der Waals surface area contributed by atoms with Gasteiger partial charge in [0.15, 0.2) is 0 Å². The first kappa shape index (κ1) is 13.4. The van der Waals surface area contributed by atoms with Crippen LogP contribution in [0.3, 0.4) is 0 Å². The van der Waals surface area contributed by atoms with Crippen molar-refractivity contribution < 1.29 is 9.53 Å². The normalized spacial score (nSPS) is 13.2. The zero-order valence-electron chi connectivity index (χ0n) is 10.6. The fourth-order valence-electron chi connectivity index (χ4n) is 1.54. The molecule has 1 aromatic heterocycles. The molecule has 3 nitrogen and oxygen atoms in total. The summed E-state index contributed by atoms with van der Waals surface area (Å²) in [5.74, 6) is 0.00658. The quantitative estimate of drug-likeness (QED) is 0.579. The summed E-state index contributed by atoms with van der Waals surface area (Å²) in [7, 11) is 0. The van der Waals surface area contributed by atoms with Crippen LogP contribution < -0.4 is 0 Å². The van der Waals surface area contributed by atoms with Gasteiger partial charge in [-0.3, -0.25) is 4.98 Å². The maximum Gasteiger partial charge on any atom is 0.334 e. The SMILES string of the molecule is C/C=C(/C(=O)OCc1cccnc1)C(C)CC. The molecule has 1 unspecified atom stereocenters. The van der Waals surface area contributed by atoms with Gasteiger partial charge in [-0.2, -0.15) is 0 Å². The molecule has 1 aromatic rings. The molecule has 0 N–H and O–H groups in total. The lowest BCUT2D eigenvalue weighted by Crippen LogP contribution is -2.13. The Morgan fingerprint density at radius 3 is 2.88 bits per heavy atom. The Morgan fingerprint density at radius 2 is 2.35 bits per heavy atom. The van der Waals surface area contributed by atoms with Crippen LogP contribution in [0, 0.1) is 5.92 Å². The summed E-state index contributed by atoms with van der Waals surface area (Å²) in [4.78, 5) is 15.8. The third kappa shape index (κ3) is 4.02. The largest absolute Gasteiger partial charge is 0.457 e. The van der Waals surface area contributed by atoms with Gasteiger partial charge < -0.3 is 4.74 Å². The van der Waals surface area contributed by atoms with E-state index in [0.717, 1.165) is 17.6 Å². The topological polar surface area (TPSA) is 39.2 Å². The average Bonchev–Trinajstić information content (AvgIpc) is 2.38. The van der Waals surface area contributed by atoms with Gasteiger partial charge >= 0.3 is 5.97 Å². The minimum Gasteiger partial charge on any atom is -0.457 e. The molecule has 0 aromatic carbocycles. The van der Waals surface area contributed by atoms with Crippen LogP contribution in [-0.4, -0.2) is 11.0 Å². The van der Waals surface area contributed by atoms with Crippen LogP contribution >= 0.6 is 0 Å². The van der Waals surface area contributed by atoms with E-state index in [1.807, 2.05) is 32.1 Å². The molecule has 3 heteroatoms. The molecule has 1 heterocycles. The fraction of sp³-hybridized carbons (Fsp3) is 0.429. The van der Waals surface area contributed by atoms with Crippen molar-refractivity contribution in [2.24, 2.45) is 5.92 Å². The van der Waals surface area contributed by atoms with Gasteiger partial charge in [-0.15, -0.1) is 0 Å². The number of carbonyl (C=O) groups excluding carboxylic acids is 1. The van der Waals surface area contributed by atoms with Crippen molar-refractivity contribution in [2.45, 2.75) is 33.8 Å². The summed E-state index contributed by atoms with van der Waals surface area (Å²) in [6.45, 7) is 6.23. The van der Waals surface area contributed by atoms with Crippen LogP contribution in [0.4, 0.5) is 0 Å². The Bertz CT molecular complexity index is 384. The van der Waals surface area contributed by atoms with Gasteiger partial charge in [0.2, 0.25) is 0 Å². The molecule has 0 bridgehead atoms. The van der Waals surface area contributed by atoms with E-state index in [1.54, 1.807) is 12.4 Å². The van der Waals surface area contributed by atoms with Crippen LogP contribution in [0.1, 0.15) is 32.8 Å². The van der Waals surface area contributed by atoms with Gasteiger partial charge in [0.05, 0.1) is 0 Å². The highest BCUT2D eigenvalue weighted by Gasteiger charge is 2.15. The number of pyridine rings is 1. The van der Waals surface area contributed by atoms with E-state index in [1.165, 1.54) is 0 Å². The van der Waals surface area contributed by atoms with E-state index in [4.69, 9.17) is 4.74 Å². The highest BCUT2D eigenvalue weighted by atomic mass is 16.5. The Kier molecular flexibility index (Phi) is 5.40. The van der Waals surface area contributed by atoms with E-state index >= 15 is 0 Å². The molecule has 0 saturated carbocycles. The van der Waals surface area contributed by atoms with E-state index in [2.05, 4.69) is 11.9 Å². The lowest BCUT2D eigenvalue weighted by atomic mass is 9.98. The van der Waals surface area contributed by atoms with E-state index in [9.17, 15) is 4.79 Å². The van der Waals surface area contributed by atoms with Crippen molar-refractivity contribution >= 4 is 5.97 Å². The molecule has 1 atom stereocenters. The van der Waals surface area contributed by atoms with Crippen LogP contribution in [0.5, 0.6) is 0 Å².